The zero-order valence-corrected chi connectivity index (χ0v) is 14.1. The summed E-state index contributed by atoms with van der Waals surface area (Å²) >= 11 is 0. The van der Waals surface area contributed by atoms with Gasteiger partial charge in [0, 0.05) is 11.3 Å². The Labute approximate surface area is 143 Å². The van der Waals surface area contributed by atoms with Crippen molar-refractivity contribution in [3.63, 3.8) is 0 Å². The number of benzene rings is 1. The molecule has 0 spiro atoms. The molecule has 0 saturated heterocycles. The zero-order chi connectivity index (χ0) is 18.8. The number of nitrogens with two attached hydrogens (primary N) is 1. The Balaban J connectivity index is 2.21. The van der Waals surface area contributed by atoms with Crippen molar-refractivity contribution in [2.45, 2.75) is 44.9 Å². The van der Waals surface area contributed by atoms with Gasteiger partial charge in [-0.05, 0) is 39.0 Å². The van der Waals surface area contributed by atoms with Crippen LogP contribution in [0.2, 0.25) is 0 Å². The molecule has 1 amide bonds. The van der Waals surface area contributed by atoms with Crippen LogP contribution in [0.15, 0.2) is 23.2 Å². The molecule has 1 unspecified atom stereocenters. The second kappa shape index (κ2) is 7.30. The molecule has 0 fully saturated rings. The van der Waals surface area contributed by atoms with Crippen molar-refractivity contribution < 1.29 is 27.4 Å². The first-order chi connectivity index (χ1) is 11.6. The molecule has 0 aromatic heterocycles. The Bertz CT molecular complexity index is 674. The Morgan fingerprint density at radius 1 is 1.44 bits per heavy atom. The van der Waals surface area contributed by atoms with E-state index in [0.29, 0.717) is 0 Å². The molecule has 0 radical (unpaired) electrons. The molecule has 3 N–H and O–H groups in total. The third-order valence-electron chi connectivity index (χ3n) is 3.24. The van der Waals surface area contributed by atoms with E-state index < -0.39 is 36.1 Å². The van der Waals surface area contributed by atoms with Crippen LogP contribution in [-0.4, -0.2) is 36.6 Å². The van der Waals surface area contributed by atoms with Crippen LogP contribution in [0.25, 0.3) is 0 Å². The normalized spacial score (nSPS) is 21.0. The van der Waals surface area contributed by atoms with Gasteiger partial charge in [0.2, 0.25) is 0 Å². The number of carbonyl (C=O) groups is 1. The molecule has 1 aliphatic heterocycles. The van der Waals surface area contributed by atoms with Gasteiger partial charge in [0.05, 0.1) is 0 Å². The molecular weight excluding hydrogens is 339 g/mol. The summed E-state index contributed by atoms with van der Waals surface area (Å²) in [6.45, 7) is 4.70. The number of nitrogens with one attached hydrogen (secondary N) is 1. The summed E-state index contributed by atoms with van der Waals surface area (Å²) in [6, 6.07) is 1.94. The summed E-state index contributed by atoms with van der Waals surface area (Å²) in [7, 11) is 0. The fourth-order valence-electron chi connectivity index (χ4n) is 2.28. The molecule has 2 rings (SSSR count). The lowest BCUT2D eigenvalue weighted by molar-refractivity contribution is -0.0140. The predicted molar refractivity (Wildman–Crippen MR) is 86.1 cm³/mol. The fourth-order valence-corrected chi connectivity index (χ4v) is 2.28. The van der Waals surface area contributed by atoms with Crippen molar-refractivity contribution >= 4 is 17.6 Å². The lowest BCUT2D eigenvalue weighted by Gasteiger charge is -2.30. The number of nitrogens with zero attached hydrogens (tertiary/aromatic N) is 1. The molecule has 0 aliphatic carbocycles. The molecule has 1 aromatic carbocycles. The van der Waals surface area contributed by atoms with E-state index in [9.17, 15) is 18.0 Å². The van der Waals surface area contributed by atoms with Crippen LogP contribution in [-0.2, 0) is 9.47 Å². The van der Waals surface area contributed by atoms with Crippen molar-refractivity contribution in [2.24, 2.45) is 4.99 Å². The number of carbonyl (C=O) groups excluding carboxylic acids is 1. The first kappa shape index (κ1) is 19.0. The predicted octanol–water partition coefficient (Wildman–Crippen LogP) is 3.04. The second-order valence-corrected chi connectivity index (χ2v) is 6.54. The number of amidine groups is 1. The van der Waals surface area contributed by atoms with Crippen LogP contribution >= 0.6 is 0 Å². The summed E-state index contributed by atoms with van der Waals surface area (Å²) in [5, 5.41) is 2.27. The lowest BCUT2D eigenvalue weighted by Crippen LogP contribution is -2.44. The third kappa shape index (κ3) is 5.09. The van der Waals surface area contributed by atoms with E-state index in [1.807, 2.05) is 0 Å². The number of anilines is 1. The van der Waals surface area contributed by atoms with Gasteiger partial charge in [-0.25, -0.2) is 18.0 Å². The maximum atomic E-state index is 14.0. The number of hydrogen-bond donors (Lipinski definition) is 2. The summed E-state index contributed by atoms with van der Waals surface area (Å²) in [4.78, 5) is 15.5. The van der Waals surface area contributed by atoms with Crippen molar-refractivity contribution in [1.82, 2.24) is 5.32 Å². The van der Waals surface area contributed by atoms with E-state index in [-0.39, 0.29) is 23.7 Å². The fraction of sp³-hybridized carbons (Fsp3) is 0.500. The van der Waals surface area contributed by atoms with Gasteiger partial charge in [0.15, 0.2) is 0 Å². The molecule has 0 saturated carbocycles. The van der Waals surface area contributed by atoms with E-state index in [1.54, 1.807) is 20.8 Å². The number of rotatable bonds is 2. The van der Waals surface area contributed by atoms with Gasteiger partial charge in [-0.2, -0.15) is 0 Å². The molecule has 2 atom stereocenters. The molecule has 9 heteroatoms. The molecule has 0 bridgehead atoms. The second-order valence-electron chi connectivity index (χ2n) is 6.54. The molecule has 138 valence electrons. The first-order valence-corrected chi connectivity index (χ1v) is 7.58. The number of halogens is 3. The van der Waals surface area contributed by atoms with Crippen LogP contribution < -0.4 is 11.1 Å². The topological polar surface area (TPSA) is 85.9 Å². The molecule has 6 nitrogen and oxygen atoms in total. The monoisotopic (exact) mass is 359 g/mol. The number of nitrogen functional groups attached to an aromatic ring is 1. The van der Waals surface area contributed by atoms with Gasteiger partial charge in [-0.1, -0.05) is 0 Å². The van der Waals surface area contributed by atoms with Gasteiger partial charge >= 0.3 is 6.09 Å². The Hall–Kier alpha value is -2.29. The van der Waals surface area contributed by atoms with E-state index in [0.717, 1.165) is 6.07 Å². The number of alkyl carbamates (subject to hydrolysis) is 1. The average Bonchev–Trinajstić information content (AvgIpc) is 2.47. The van der Waals surface area contributed by atoms with Gasteiger partial charge in [0.25, 0.3) is 6.43 Å². The van der Waals surface area contributed by atoms with Crippen LogP contribution in [0.5, 0.6) is 0 Å². The summed E-state index contributed by atoms with van der Waals surface area (Å²) in [6.07, 6.45) is -5.08. The highest BCUT2D eigenvalue weighted by Crippen LogP contribution is 2.33. The van der Waals surface area contributed by atoms with Gasteiger partial charge in [-0.3, -0.25) is 10.3 Å². The minimum absolute atomic E-state index is 0.106. The van der Waals surface area contributed by atoms with Gasteiger partial charge in [0.1, 0.15) is 36.0 Å². The van der Waals surface area contributed by atoms with Gasteiger partial charge in [-0.15, -0.1) is 0 Å². The van der Waals surface area contributed by atoms with E-state index in [2.05, 4.69) is 10.3 Å². The molecule has 1 heterocycles. The SMILES string of the molecule is CC(C)(C)OC(=O)NC1=N[C@@H](C(F)F)C(c2cc(N)ccc2F)OC1. The number of ether oxygens (including phenoxy) is 2. The minimum atomic E-state index is -2.93. The maximum absolute atomic E-state index is 14.0. The van der Waals surface area contributed by atoms with E-state index >= 15 is 0 Å². The number of alkyl halides is 2. The molecule has 1 aliphatic rings. The lowest BCUT2D eigenvalue weighted by atomic mass is 10.0. The van der Waals surface area contributed by atoms with Gasteiger partial charge < -0.3 is 15.2 Å². The Kier molecular flexibility index (Phi) is 5.56. The standard InChI is InChI=1S/C16H20F3N3O3/c1-16(2,3)25-15(23)22-11-7-24-13(12(21-11)14(18)19)9-6-8(20)4-5-10(9)17/h4-6,12-14H,7,20H2,1-3H3,(H,21,22,23)/t12-,13?/m1/s1. The molecule has 25 heavy (non-hydrogen) atoms. The number of hydrogen-bond acceptors (Lipinski definition) is 5. The highest BCUT2D eigenvalue weighted by molar-refractivity contribution is 5.96. The summed E-state index contributed by atoms with van der Waals surface area (Å²) in [5.74, 6) is -0.830. The minimum Gasteiger partial charge on any atom is -0.444 e. The van der Waals surface area contributed by atoms with Crippen molar-refractivity contribution in [3.8, 4) is 0 Å². The Morgan fingerprint density at radius 3 is 2.72 bits per heavy atom. The molecule has 1 aromatic rings. The van der Waals surface area contributed by atoms with Crippen LogP contribution in [0.4, 0.5) is 23.7 Å². The Morgan fingerprint density at radius 2 is 2.12 bits per heavy atom. The smallest absolute Gasteiger partial charge is 0.413 e. The third-order valence-corrected chi connectivity index (χ3v) is 3.24. The largest absolute Gasteiger partial charge is 0.444 e. The van der Waals surface area contributed by atoms with Crippen LogP contribution in [0.3, 0.4) is 0 Å². The number of amides is 1. The first-order valence-electron chi connectivity index (χ1n) is 7.58. The highest BCUT2D eigenvalue weighted by Gasteiger charge is 2.37. The van der Waals surface area contributed by atoms with Crippen LogP contribution in [0.1, 0.15) is 32.4 Å². The van der Waals surface area contributed by atoms with E-state index in [1.165, 1.54) is 12.1 Å². The summed E-state index contributed by atoms with van der Waals surface area (Å²) in [5.41, 5.74) is 4.95. The zero-order valence-electron chi connectivity index (χ0n) is 14.1. The maximum Gasteiger partial charge on any atom is 0.413 e. The van der Waals surface area contributed by atoms with E-state index in [4.69, 9.17) is 15.2 Å². The van der Waals surface area contributed by atoms with Crippen molar-refractivity contribution in [1.29, 1.82) is 0 Å². The summed E-state index contributed by atoms with van der Waals surface area (Å²) < 4.78 is 51.1. The highest BCUT2D eigenvalue weighted by atomic mass is 19.3. The van der Waals surface area contributed by atoms with Crippen molar-refractivity contribution in [3.05, 3.63) is 29.6 Å². The van der Waals surface area contributed by atoms with Crippen LogP contribution in [0, 0.1) is 5.82 Å². The average molecular weight is 359 g/mol. The quantitative estimate of drug-likeness (QED) is 0.795. The molecular formula is C16H20F3N3O3. The number of aliphatic imine (C=N–C) groups is 1. The van der Waals surface area contributed by atoms with Crippen molar-refractivity contribution in [2.75, 3.05) is 12.3 Å².